The van der Waals surface area contributed by atoms with Crippen LogP contribution in [0, 0.1) is 0 Å². The highest BCUT2D eigenvalue weighted by Gasteiger charge is 2.25. The van der Waals surface area contributed by atoms with Crippen LogP contribution in [-0.4, -0.2) is 35.8 Å². The van der Waals surface area contributed by atoms with Crippen molar-refractivity contribution >= 4 is 38.9 Å². The lowest BCUT2D eigenvalue weighted by Crippen LogP contribution is -2.27. The molecule has 2 rings (SSSR count). The molecule has 0 unspecified atom stereocenters. The van der Waals surface area contributed by atoms with E-state index in [2.05, 4.69) is 4.98 Å². The van der Waals surface area contributed by atoms with Crippen LogP contribution in [0.1, 0.15) is 16.1 Å². The van der Waals surface area contributed by atoms with Gasteiger partial charge in [0.1, 0.15) is 4.90 Å². The molecule has 1 aromatic carbocycles. The molecule has 0 saturated heterocycles. The van der Waals surface area contributed by atoms with Crippen molar-refractivity contribution < 1.29 is 18.3 Å². The third kappa shape index (κ3) is 3.41. The third-order valence-electron chi connectivity index (χ3n) is 2.73. The Morgan fingerprint density at radius 3 is 2.76 bits per heavy atom. The van der Waals surface area contributed by atoms with Crippen LogP contribution in [0.4, 0.5) is 0 Å². The second kappa shape index (κ2) is 6.10. The first kappa shape index (κ1) is 15.9. The van der Waals surface area contributed by atoms with E-state index in [1.807, 2.05) is 0 Å². The molecule has 0 amide bonds. The fraction of sp³-hybridized carbons (Fsp3) is 0.167. The average molecular weight is 347 g/mol. The lowest BCUT2D eigenvalue weighted by atomic mass is 10.2. The zero-order chi connectivity index (χ0) is 15.6. The molecule has 1 heterocycles. The number of carboxylic acid groups (broad SMARTS) is 1. The number of carboxylic acids is 1. The van der Waals surface area contributed by atoms with Gasteiger partial charge in [0.2, 0.25) is 10.0 Å². The van der Waals surface area contributed by atoms with Crippen molar-refractivity contribution in [3.05, 3.63) is 45.4 Å². The van der Waals surface area contributed by atoms with Gasteiger partial charge in [-0.3, -0.25) is 0 Å². The molecule has 2 aromatic rings. The van der Waals surface area contributed by atoms with E-state index in [1.165, 1.54) is 30.5 Å². The molecule has 0 fully saturated rings. The Labute approximate surface area is 130 Å². The highest BCUT2D eigenvalue weighted by Crippen LogP contribution is 2.26. The number of hydrogen-bond acceptors (Lipinski definition) is 5. The number of hydrogen-bond donors (Lipinski definition) is 1. The van der Waals surface area contributed by atoms with Gasteiger partial charge in [0.15, 0.2) is 0 Å². The number of thiazole rings is 1. The Bertz CT molecular complexity index is 760. The van der Waals surface area contributed by atoms with Gasteiger partial charge in [-0.1, -0.05) is 11.6 Å². The molecule has 0 bridgehead atoms. The predicted molar refractivity (Wildman–Crippen MR) is 79.2 cm³/mol. The number of halogens is 1. The largest absolute Gasteiger partial charge is 0.478 e. The molecular formula is C12H11ClN2O4S2. The molecule has 1 aromatic heterocycles. The third-order valence-corrected chi connectivity index (χ3v) is 5.65. The smallest absolute Gasteiger partial charge is 0.335 e. The Morgan fingerprint density at radius 1 is 1.48 bits per heavy atom. The minimum Gasteiger partial charge on any atom is -0.478 e. The highest BCUT2D eigenvalue weighted by atomic mass is 35.5. The molecule has 0 saturated carbocycles. The van der Waals surface area contributed by atoms with E-state index in [9.17, 15) is 13.2 Å². The first-order valence-corrected chi connectivity index (χ1v) is 8.44. The van der Waals surface area contributed by atoms with Crippen molar-refractivity contribution in [3.8, 4) is 0 Å². The summed E-state index contributed by atoms with van der Waals surface area (Å²) in [7, 11) is -2.51. The zero-order valence-corrected chi connectivity index (χ0v) is 13.2. The molecule has 0 atom stereocenters. The average Bonchev–Trinajstić information content (AvgIpc) is 2.91. The summed E-state index contributed by atoms with van der Waals surface area (Å²) in [5.41, 5.74) is 2.07. The van der Waals surface area contributed by atoms with E-state index in [0.29, 0.717) is 5.69 Å². The number of sulfonamides is 1. The quantitative estimate of drug-likeness (QED) is 0.897. The summed E-state index contributed by atoms with van der Waals surface area (Å²) < 4.78 is 26.0. The molecule has 0 aliphatic carbocycles. The minimum atomic E-state index is -3.90. The van der Waals surface area contributed by atoms with E-state index >= 15 is 0 Å². The Balaban J connectivity index is 2.38. The van der Waals surface area contributed by atoms with Crippen LogP contribution < -0.4 is 0 Å². The summed E-state index contributed by atoms with van der Waals surface area (Å²) in [6, 6.07) is 3.57. The summed E-state index contributed by atoms with van der Waals surface area (Å²) in [5.74, 6) is -1.22. The van der Waals surface area contributed by atoms with E-state index in [-0.39, 0.29) is 22.0 Å². The molecule has 112 valence electrons. The van der Waals surface area contributed by atoms with E-state index in [4.69, 9.17) is 16.7 Å². The summed E-state index contributed by atoms with van der Waals surface area (Å²) >= 11 is 7.26. The maximum absolute atomic E-state index is 12.5. The van der Waals surface area contributed by atoms with E-state index < -0.39 is 16.0 Å². The maximum atomic E-state index is 12.5. The van der Waals surface area contributed by atoms with Crippen LogP contribution in [0.5, 0.6) is 0 Å². The van der Waals surface area contributed by atoms with E-state index in [0.717, 1.165) is 10.4 Å². The van der Waals surface area contributed by atoms with Crippen LogP contribution in [0.25, 0.3) is 0 Å². The second-order valence-electron chi connectivity index (χ2n) is 4.19. The lowest BCUT2D eigenvalue weighted by molar-refractivity contribution is 0.0696. The second-order valence-corrected chi connectivity index (χ2v) is 7.33. The van der Waals surface area contributed by atoms with E-state index in [1.54, 1.807) is 10.9 Å². The summed E-state index contributed by atoms with van der Waals surface area (Å²) in [6.45, 7) is 0.0828. The van der Waals surface area contributed by atoms with Crippen LogP contribution in [0.15, 0.2) is 34.0 Å². The molecule has 0 aliphatic rings. The lowest BCUT2D eigenvalue weighted by Gasteiger charge is -2.17. The van der Waals surface area contributed by atoms with Gasteiger partial charge in [-0.2, -0.15) is 4.31 Å². The SMILES string of the molecule is CN(Cc1cscn1)S(=O)(=O)c1cc(C(=O)O)ccc1Cl. The fourth-order valence-electron chi connectivity index (χ4n) is 1.63. The van der Waals surface area contributed by atoms with Crippen molar-refractivity contribution in [1.29, 1.82) is 0 Å². The predicted octanol–water partition coefficient (Wildman–Crippen LogP) is 2.32. The minimum absolute atomic E-state index is 0.0230. The van der Waals surface area contributed by atoms with Crippen LogP contribution in [0.2, 0.25) is 5.02 Å². The van der Waals surface area contributed by atoms with Gasteiger partial charge >= 0.3 is 5.97 Å². The van der Waals surface area contributed by atoms with Crippen LogP contribution >= 0.6 is 22.9 Å². The van der Waals surface area contributed by atoms with Gasteiger partial charge in [-0.15, -0.1) is 11.3 Å². The summed E-state index contributed by atoms with van der Waals surface area (Å²) in [6.07, 6.45) is 0. The summed E-state index contributed by atoms with van der Waals surface area (Å²) in [4.78, 5) is 14.7. The summed E-state index contributed by atoms with van der Waals surface area (Å²) in [5, 5.41) is 10.7. The number of aromatic nitrogens is 1. The molecular weight excluding hydrogens is 336 g/mol. The Morgan fingerprint density at radius 2 is 2.19 bits per heavy atom. The van der Waals surface area contributed by atoms with Crippen molar-refractivity contribution in [2.24, 2.45) is 0 Å². The van der Waals surface area contributed by atoms with Crippen molar-refractivity contribution in [1.82, 2.24) is 9.29 Å². The van der Waals surface area contributed by atoms with Gasteiger partial charge in [0.05, 0.1) is 28.3 Å². The monoisotopic (exact) mass is 346 g/mol. The molecule has 0 aliphatic heterocycles. The Kier molecular flexibility index (Phi) is 4.62. The first-order valence-electron chi connectivity index (χ1n) is 5.68. The maximum Gasteiger partial charge on any atom is 0.335 e. The number of benzene rings is 1. The molecule has 6 nitrogen and oxygen atoms in total. The van der Waals surface area contributed by atoms with Gasteiger partial charge in [-0.05, 0) is 18.2 Å². The van der Waals surface area contributed by atoms with Crippen molar-refractivity contribution in [2.75, 3.05) is 7.05 Å². The molecule has 0 radical (unpaired) electrons. The van der Waals surface area contributed by atoms with Crippen molar-refractivity contribution in [2.45, 2.75) is 11.4 Å². The number of aromatic carboxylic acids is 1. The van der Waals surface area contributed by atoms with Crippen LogP contribution in [0.3, 0.4) is 0 Å². The Hall–Kier alpha value is -1.48. The molecule has 1 N–H and O–H groups in total. The fourth-order valence-corrected chi connectivity index (χ4v) is 3.82. The highest BCUT2D eigenvalue weighted by molar-refractivity contribution is 7.89. The van der Waals surface area contributed by atoms with Gasteiger partial charge in [0, 0.05) is 12.4 Å². The van der Waals surface area contributed by atoms with Gasteiger partial charge in [0.25, 0.3) is 0 Å². The topological polar surface area (TPSA) is 87.6 Å². The number of rotatable bonds is 5. The first-order chi connectivity index (χ1) is 9.82. The van der Waals surface area contributed by atoms with Crippen LogP contribution in [-0.2, 0) is 16.6 Å². The molecule has 9 heteroatoms. The molecule has 21 heavy (non-hydrogen) atoms. The van der Waals surface area contributed by atoms with Gasteiger partial charge in [-0.25, -0.2) is 18.2 Å². The van der Waals surface area contributed by atoms with Gasteiger partial charge < -0.3 is 5.11 Å². The standard InChI is InChI=1S/C12H11ClN2O4S2/c1-15(5-9-6-20-7-14-9)21(18,19)11-4-8(12(16)17)2-3-10(11)13/h2-4,6-7H,5H2,1H3,(H,16,17). The van der Waals surface area contributed by atoms with Crippen molar-refractivity contribution in [3.63, 3.8) is 0 Å². The normalized spacial score (nSPS) is 11.8. The molecule has 0 spiro atoms. The number of nitrogens with zero attached hydrogens (tertiary/aromatic N) is 2. The number of carbonyl (C=O) groups is 1. The zero-order valence-electron chi connectivity index (χ0n) is 10.9.